The predicted molar refractivity (Wildman–Crippen MR) is 126 cm³/mol. The van der Waals surface area contributed by atoms with E-state index < -0.39 is 22.5 Å². The van der Waals surface area contributed by atoms with Gasteiger partial charge in [0.25, 0.3) is 11.1 Å². The zero-order valence-electron chi connectivity index (χ0n) is 18.5. The molecule has 35 heavy (non-hydrogen) atoms. The minimum absolute atomic E-state index is 0.0742. The Morgan fingerprint density at radius 1 is 0.800 bits per heavy atom. The molecule has 0 fully saturated rings. The van der Waals surface area contributed by atoms with Crippen LogP contribution in [0.1, 0.15) is 0 Å². The number of benzene rings is 1. The van der Waals surface area contributed by atoms with E-state index in [-0.39, 0.29) is 34.8 Å². The number of H-pyrrole nitrogens is 3. The summed E-state index contributed by atoms with van der Waals surface area (Å²) in [6.45, 7) is 0.0742. The average Bonchev–Trinajstić information content (AvgIpc) is 3.58. The average molecular weight is 474 g/mol. The van der Waals surface area contributed by atoms with Crippen molar-refractivity contribution in [2.24, 2.45) is 14.1 Å². The molecule has 1 aliphatic heterocycles. The fourth-order valence-corrected chi connectivity index (χ4v) is 4.44. The first-order valence-corrected chi connectivity index (χ1v) is 10.6. The minimum atomic E-state index is -0.687. The molecule has 0 aliphatic carbocycles. The fourth-order valence-electron chi connectivity index (χ4n) is 4.44. The highest BCUT2D eigenvalue weighted by atomic mass is 16.7. The molecule has 12 heteroatoms. The zero-order valence-corrected chi connectivity index (χ0v) is 18.5. The Kier molecular flexibility index (Phi) is 4.27. The van der Waals surface area contributed by atoms with Crippen molar-refractivity contribution in [3.8, 4) is 39.7 Å². The number of hydrogen-bond donors (Lipinski definition) is 3. The summed E-state index contributed by atoms with van der Waals surface area (Å²) in [5.74, 6) is 1.31. The second-order valence-corrected chi connectivity index (χ2v) is 8.09. The molecule has 0 bridgehead atoms. The van der Waals surface area contributed by atoms with E-state index in [0.717, 1.165) is 0 Å². The molecule has 0 amide bonds. The van der Waals surface area contributed by atoms with E-state index in [1.807, 2.05) is 0 Å². The summed E-state index contributed by atoms with van der Waals surface area (Å²) in [5, 5.41) is 0.0947. The quantitative estimate of drug-likeness (QED) is 0.352. The molecule has 12 nitrogen and oxygen atoms in total. The first kappa shape index (κ1) is 20.6. The van der Waals surface area contributed by atoms with Gasteiger partial charge in [-0.25, -0.2) is 9.59 Å². The highest BCUT2D eigenvalue weighted by molar-refractivity contribution is 6.03. The third-order valence-corrected chi connectivity index (χ3v) is 6.12. The lowest BCUT2D eigenvalue weighted by molar-refractivity contribution is 0.174. The fraction of sp³-hybridized carbons (Fsp3) is 0.130. The Bertz CT molecular complexity index is 1880. The molecular weight excluding hydrogens is 456 g/mol. The first-order chi connectivity index (χ1) is 16.8. The van der Waals surface area contributed by atoms with Crippen LogP contribution < -0.4 is 32.0 Å². The van der Waals surface area contributed by atoms with Gasteiger partial charge in [-0.3, -0.25) is 28.7 Å². The maximum absolute atomic E-state index is 13.4. The van der Waals surface area contributed by atoms with Crippen LogP contribution in [0.2, 0.25) is 0 Å². The summed E-state index contributed by atoms with van der Waals surface area (Å²) in [4.78, 5) is 59.1. The topological polar surface area (TPSA) is 149 Å². The van der Waals surface area contributed by atoms with Crippen LogP contribution in [0.3, 0.4) is 0 Å². The van der Waals surface area contributed by atoms with Gasteiger partial charge in [0.15, 0.2) is 11.5 Å². The number of hydrogen-bond acceptors (Lipinski definition) is 6. The number of aromatic amines is 3. The van der Waals surface area contributed by atoms with Gasteiger partial charge in [0.1, 0.15) is 11.5 Å². The summed E-state index contributed by atoms with van der Waals surface area (Å²) in [7, 11) is 3.02. The Morgan fingerprint density at radius 2 is 1.49 bits per heavy atom. The Labute approximate surface area is 194 Å². The van der Waals surface area contributed by atoms with E-state index in [1.54, 1.807) is 47.3 Å². The summed E-state index contributed by atoms with van der Waals surface area (Å²) in [6, 6.07) is 8.68. The molecule has 5 heterocycles. The molecule has 5 aromatic rings. The van der Waals surface area contributed by atoms with Crippen LogP contribution in [0.25, 0.3) is 39.2 Å². The lowest BCUT2D eigenvalue weighted by Crippen LogP contribution is -2.33. The van der Waals surface area contributed by atoms with Crippen molar-refractivity contribution in [3.05, 3.63) is 84.4 Å². The number of aryl methyl sites for hydroxylation is 1. The van der Waals surface area contributed by atoms with Gasteiger partial charge in [-0.15, -0.1) is 0 Å². The normalized spacial score (nSPS) is 12.5. The third-order valence-electron chi connectivity index (χ3n) is 6.12. The molecule has 0 atom stereocenters. The van der Waals surface area contributed by atoms with E-state index >= 15 is 0 Å². The Morgan fingerprint density at radius 3 is 2.26 bits per heavy atom. The standard InChI is InChI=1S/C23H18N6O6/c1-27-18-15(19(30)25-22(27)32)14(17(24-18)11-5-6-12-13(9-11)35-10-34-12)16-20(31)26-23(33)28(2)21(16)29-7-3-4-8-29/h3-9,24H,10H2,1-2H3,(H,25,30,32)(H,26,31,33). The molecule has 0 saturated carbocycles. The molecule has 176 valence electrons. The number of ether oxygens (including phenoxy) is 2. The Hall–Kier alpha value is -5.00. The molecular formula is C23H18N6O6. The van der Waals surface area contributed by atoms with E-state index in [4.69, 9.17) is 9.47 Å². The first-order valence-electron chi connectivity index (χ1n) is 10.6. The van der Waals surface area contributed by atoms with Crippen molar-refractivity contribution in [3.63, 3.8) is 0 Å². The minimum Gasteiger partial charge on any atom is -0.454 e. The Balaban J connectivity index is 1.82. The van der Waals surface area contributed by atoms with Crippen molar-refractivity contribution in [1.82, 2.24) is 28.7 Å². The molecule has 3 N–H and O–H groups in total. The molecule has 0 spiro atoms. The highest BCUT2D eigenvalue weighted by Gasteiger charge is 2.27. The summed E-state index contributed by atoms with van der Waals surface area (Å²) in [5.41, 5.74) is -1.10. The smallest absolute Gasteiger partial charge is 0.329 e. The monoisotopic (exact) mass is 474 g/mol. The molecule has 6 rings (SSSR count). The molecule has 0 unspecified atom stereocenters. The van der Waals surface area contributed by atoms with Crippen molar-refractivity contribution in [2.75, 3.05) is 6.79 Å². The summed E-state index contributed by atoms with van der Waals surface area (Å²) in [6.07, 6.45) is 3.37. The van der Waals surface area contributed by atoms with Crippen LogP contribution in [0, 0.1) is 0 Å². The number of fused-ring (bicyclic) bond motifs is 2. The maximum atomic E-state index is 13.4. The van der Waals surface area contributed by atoms with Gasteiger partial charge in [-0.2, -0.15) is 0 Å². The van der Waals surface area contributed by atoms with Gasteiger partial charge in [0.2, 0.25) is 6.79 Å². The van der Waals surface area contributed by atoms with Crippen molar-refractivity contribution >= 4 is 11.0 Å². The molecule has 0 saturated heterocycles. The molecule has 4 aromatic heterocycles. The van der Waals surface area contributed by atoms with Gasteiger partial charge in [0, 0.05) is 37.6 Å². The van der Waals surface area contributed by atoms with Gasteiger partial charge in [-0.1, -0.05) is 0 Å². The lowest BCUT2D eigenvalue weighted by Gasteiger charge is -2.15. The van der Waals surface area contributed by atoms with E-state index in [1.165, 1.54) is 23.2 Å². The molecule has 1 aromatic carbocycles. The van der Waals surface area contributed by atoms with Crippen LogP contribution in [-0.4, -0.2) is 35.4 Å². The second kappa shape index (κ2) is 7.25. The van der Waals surface area contributed by atoms with Gasteiger partial charge >= 0.3 is 11.4 Å². The van der Waals surface area contributed by atoms with Crippen LogP contribution >= 0.6 is 0 Å². The highest BCUT2D eigenvalue weighted by Crippen LogP contribution is 2.41. The van der Waals surface area contributed by atoms with Crippen LogP contribution in [0.4, 0.5) is 0 Å². The SMILES string of the molecule is Cn1c(-n2cccc2)c(-c2c(-c3ccc4c(c3)OCO4)[nH]c3c2c(=O)[nH]c(=O)n3C)c(=O)[nH]c1=O. The predicted octanol–water partition coefficient (Wildman–Crippen LogP) is 0.795. The number of nitrogens with zero attached hydrogens (tertiary/aromatic N) is 3. The van der Waals surface area contributed by atoms with Gasteiger partial charge < -0.3 is 19.0 Å². The van der Waals surface area contributed by atoms with Crippen molar-refractivity contribution in [2.45, 2.75) is 0 Å². The summed E-state index contributed by atoms with van der Waals surface area (Å²) >= 11 is 0. The van der Waals surface area contributed by atoms with E-state index in [2.05, 4.69) is 15.0 Å². The zero-order chi connectivity index (χ0) is 24.4. The van der Waals surface area contributed by atoms with Gasteiger partial charge in [0.05, 0.1) is 16.6 Å². The number of aromatic nitrogens is 6. The van der Waals surface area contributed by atoms with Crippen LogP contribution in [0.5, 0.6) is 11.5 Å². The number of rotatable bonds is 3. The van der Waals surface area contributed by atoms with Crippen LogP contribution in [-0.2, 0) is 14.1 Å². The largest absolute Gasteiger partial charge is 0.454 e. The molecule has 0 radical (unpaired) electrons. The third kappa shape index (κ3) is 2.93. The molecule has 1 aliphatic rings. The lowest BCUT2D eigenvalue weighted by atomic mass is 10.00. The van der Waals surface area contributed by atoms with Crippen molar-refractivity contribution in [1.29, 1.82) is 0 Å². The number of nitrogens with one attached hydrogen (secondary N) is 3. The van der Waals surface area contributed by atoms with Crippen molar-refractivity contribution < 1.29 is 9.47 Å². The second-order valence-electron chi connectivity index (χ2n) is 8.09. The van der Waals surface area contributed by atoms with Gasteiger partial charge in [-0.05, 0) is 30.3 Å². The van der Waals surface area contributed by atoms with Crippen LogP contribution in [0.15, 0.2) is 61.9 Å². The maximum Gasteiger partial charge on any atom is 0.329 e. The summed E-state index contributed by atoms with van der Waals surface area (Å²) < 4.78 is 15.1. The van der Waals surface area contributed by atoms with E-state index in [0.29, 0.717) is 22.8 Å². The van der Waals surface area contributed by atoms with E-state index in [9.17, 15) is 19.2 Å².